The van der Waals surface area contributed by atoms with Gasteiger partial charge in [-0.05, 0) is 42.2 Å². The average molecular weight is 376 g/mol. The zero-order valence-corrected chi connectivity index (χ0v) is 15.5. The summed E-state index contributed by atoms with van der Waals surface area (Å²) in [6.45, 7) is 1.48. The summed E-state index contributed by atoms with van der Waals surface area (Å²) in [5.74, 6) is 0.770. The van der Waals surface area contributed by atoms with Crippen molar-refractivity contribution in [3.05, 3.63) is 53.1 Å². The fourth-order valence-corrected chi connectivity index (χ4v) is 3.62. The van der Waals surface area contributed by atoms with Gasteiger partial charge in [-0.1, -0.05) is 23.4 Å². The van der Waals surface area contributed by atoms with Crippen molar-refractivity contribution in [3.8, 4) is 34.7 Å². The third kappa shape index (κ3) is 3.36. The number of rotatable bonds is 6. The number of phenolic OH excluding ortho intramolecular Hbond substituents is 1. The number of phenols is 1. The predicted octanol–water partition coefficient (Wildman–Crippen LogP) is 3.20. The van der Waals surface area contributed by atoms with Gasteiger partial charge >= 0.3 is 0 Å². The molecular weight excluding hydrogens is 356 g/mol. The first-order chi connectivity index (χ1) is 13.7. The first kappa shape index (κ1) is 18.2. The molecule has 0 spiro atoms. The van der Waals surface area contributed by atoms with Gasteiger partial charge in [0.05, 0.1) is 12.2 Å². The Hall–Kier alpha value is -3.21. The Morgan fingerprint density at radius 2 is 2.25 bits per heavy atom. The highest BCUT2D eigenvalue weighted by Crippen LogP contribution is 2.37. The van der Waals surface area contributed by atoms with Crippen LogP contribution in [0.2, 0.25) is 0 Å². The van der Waals surface area contributed by atoms with Crippen LogP contribution in [0.1, 0.15) is 29.2 Å². The molecule has 4 rings (SSSR count). The van der Waals surface area contributed by atoms with Crippen molar-refractivity contribution >= 4 is 0 Å². The van der Waals surface area contributed by atoms with Crippen LogP contribution in [0.15, 0.2) is 40.9 Å². The number of methoxy groups -OCH3 is 1. The molecule has 1 aliphatic rings. The van der Waals surface area contributed by atoms with Crippen LogP contribution in [0.4, 0.5) is 0 Å². The van der Waals surface area contributed by atoms with Gasteiger partial charge in [0.25, 0.3) is 5.89 Å². The molecule has 1 unspecified atom stereocenters. The second-order valence-corrected chi connectivity index (χ2v) is 6.68. The van der Waals surface area contributed by atoms with Crippen LogP contribution in [0.3, 0.4) is 0 Å². The van der Waals surface area contributed by atoms with Crippen LogP contribution in [0.5, 0.6) is 5.75 Å². The Bertz CT molecular complexity index is 1040. The fourth-order valence-electron chi connectivity index (χ4n) is 3.62. The Labute approximate surface area is 162 Å². The van der Waals surface area contributed by atoms with E-state index in [0.29, 0.717) is 29.9 Å². The quantitative estimate of drug-likeness (QED) is 0.637. The molecule has 1 aliphatic carbocycles. The number of benzene rings is 2. The van der Waals surface area contributed by atoms with E-state index in [4.69, 9.17) is 14.5 Å². The summed E-state index contributed by atoms with van der Waals surface area (Å²) in [6.07, 6.45) is 1.96. The molecule has 0 saturated carbocycles. The van der Waals surface area contributed by atoms with Crippen LogP contribution in [-0.4, -0.2) is 35.5 Å². The number of aromatic nitrogens is 2. The molecule has 7 nitrogen and oxygen atoms in total. The van der Waals surface area contributed by atoms with E-state index < -0.39 is 0 Å². The SMILES string of the molecule is COCCNC1CCc2c(-c3noc(-c4ccc(O)c(C#N)c4)n3)cccc21. The zero-order chi connectivity index (χ0) is 19.5. The maximum Gasteiger partial charge on any atom is 0.258 e. The van der Waals surface area contributed by atoms with Gasteiger partial charge in [-0.15, -0.1) is 0 Å². The van der Waals surface area contributed by atoms with E-state index in [0.717, 1.165) is 24.9 Å². The number of hydrogen-bond donors (Lipinski definition) is 2. The Balaban J connectivity index is 1.63. The lowest BCUT2D eigenvalue weighted by Crippen LogP contribution is -2.23. The van der Waals surface area contributed by atoms with Crippen molar-refractivity contribution in [2.24, 2.45) is 0 Å². The highest BCUT2D eigenvalue weighted by atomic mass is 16.5. The zero-order valence-electron chi connectivity index (χ0n) is 15.5. The van der Waals surface area contributed by atoms with Gasteiger partial charge in [-0.25, -0.2) is 0 Å². The number of nitriles is 1. The van der Waals surface area contributed by atoms with E-state index in [2.05, 4.69) is 21.5 Å². The Kier molecular flexibility index (Phi) is 5.06. The number of hydrogen-bond acceptors (Lipinski definition) is 7. The van der Waals surface area contributed by atoms with Gasteiger partial charge in [0.15, 0.2) is 0 Å². The topological polar surface area (TPSA) is 104 Å². The van der Waals surface area contributed by atoms with Crippen LogP contribution < -0.4 is 5.32 Å². The number of ether oxygens (including phenoxy) is 1. The first-order valence-electron chi connectivity index (χ1n) is 9.13. The number of nitrogens with zero attached hydrogens (tertiary/aromatic N) is 3. The van der Waals surface area contributed by atoms with Gasteiger partial charge in [0.2, 0.25) is 5.82 Å². The maximum absolute atomic E-state index is 9.67. The van der Waals surface area contributed by atoms with Crippen molar-refractivity contribution < 1.29 is 14.4 Å². The molecule has 0 bridgehead atoms. The second kappa shape index (κ2) is 7.80. The molecule has 142 valence electrons. The molecule has 0 aliphatic heterocycles. The van der Waals surface area contributed by atoms with Crippen LogP contribution in [-0.2, 0) is 11.2 Å². The smallest absolute Gasteiger partial charge is 0.258 e. The molecule has 2 N–H and O–H groups in total. The molecule has 0 fully saturated rings. The van der Waals surface area contributed by atoms with E-state index in [1.165, 1.54) is 23.3 Å². The van der Waals surface area contributed by atoms with E-state index in [9.17, 15) is 5.11 Å². The van der Waals surface area contributed by atoms with Crippen LogP contribution in [0.25, 0.3) is 22.8 Å². The second-order valence-electron chi connectivity index (χ2n) is 6.68. The van der Waals surface area contributed by atoms with Crippen molar-refractivity contribution in [3.63, 3.8) is 0 Å². The fraction of sp³-hybridized carbons (Fsp3) is 0.286. The summed E-state index contributed by atoms with van der Waals surface area (Å²) in [7, 11) is 1.70. The van der Waals surface area contributed by atoms with Gasteiger partial charge < -0.3 is 19.7 Å². The lowest BCUT2D eigenvalue weighted by Gasteiger charge is -2.14. The molecule has 1 heterocycles. The monoisotopic (exact) mass is 376 g/mol. The maximum atomic E-state index is 9.67. The molecule has 7 heteroatoms. The molecule has 0 saturated heterocycles. The lowest BCUT2D eigenvalue weighted by molar-refractivity contribution is 0.195. The molecule has 3 aromatic rings. The lowest BCUT2D eigenvalue weighted by atomic mass is 10.0. The van der Waals surface area contributed by atoms with Crippen molar-refractivity contribution in [2.75, 3.05) is 20.3 Å². The van der Waals surface area contributed by atoms with Crippen molar-refractivity contribution in [2.45, 2.75) is 18.9 Å². The van der Waals surface area contributed by atoms with Gasteiger partial charge in [-0.2, -0.15) is 10.2 Å². The van der Waals surface area contributed by atoms with Gasteiger partial charge in [0, 0.05) is 30.8 Å². The number of nitrogens with one attached hydrogen (secondary N) is 1. The third-order valence-electron chi connectivity index (χ3n) is 5.00. The summed E-state index contributed by atoms with van der Waals surface area (Å²) < 4.78 is 10.5. The van der Waals surface area contributed by atoms with Crippen LogP contribution >= 0.6 is 0 Å². The largest absolute Gasteiger partial charge is 0.507 e. The van der Waals surface area contributed by atoms with Crippen LogP contribution in [0, 0.1) is 11.3 Å². The summed E-state index contributed by atoms with van der Waals surface area (Å²) in [4.78, 5) is 4.52. The molecular formula is C21H20N4O3. The Morgan fingerprint density at radius 3 is 3.07 bits per heavy atom. The van der Waals surface area contributed by atoms with E-state index >= 15 is 0 Å². The minimum absolute atomic E-state index is 0.0705. The minimum Gasteiger partial charge on any atom is -0.507 e. The Morgan fingerprint density at radius 1 is 1.36 bits per heavy atom. The normalized spacial score (nSPS) is 15.4. The average Bonchev–Trinajstić information content (AvgIpc) is 3.36. The summed E-state index contributed by atoms with van der Waals surface area (Å²) in [5.41, 5.74) is 4.22. The van der Waals surface area contributed by atoms with Crippen molar-refractivity contribution in [1.82, 2.24) is 15.5 Å². The molecule has 0 amide bonds. The predicted molar refractivity (Wildman–Crippen MR) is 102 cm³/mol. The highest BCUT2D eigenvalue weighted by molar-refractivity contribution is 5.67. The minimum atomic E-state index is -0.0705. The number of aromatic hydroxyl groups is 1. The van der Waals surface area contributed by atoms with Gasteiger partial charge in [0.1, 0.15) is 11.8 Å². The van der Waals surface area contributed by atoms with E-state index in [-0.39, 0.29) is 11.3 Å². The molecule has 0 radical (unpaired) electrons. The summed E-state index contributed by atoms with van der Waals surface area (Å²) in [6, 6.07) is 13.0. The first-order valence-corrected chi connectivity index (χ1v) is 9.13. The molecule has 2 aromatic carbocycles. The molecule has 1 atom stereocenters. The standard InChI is InChI=1S/C21H20N4O3/c1-27-10-9-23-18-7-6-15-16(18)3-2-4-17(15)20-24-21(28-25-20)13-5-8-19(26)14(11-13)12-22/h2-5,8,11,18,23,26H,6-7,9-10H2,1H3. The van der Waals surface area contributed by atoms with Gasteiger partial charge in [-0.3, -0.25) is 0 Å². The number of fused-ring (bicyclic) bond motifs is 1. The third-order valence-corrected chi connectivity index (χ3v) is 5.00. The highest BCUT2D eigenvalue weighted by Gasteiger charge is 2.26. The van der Waals surface area contributed by atoms with Crippen molar-refractivity contribution in [1.29, 1.82) is 5.26 Å². The van der Waals surface area contributed by atoms with E-state index in [1.807, 2.05) is 18.2 Å². The summed E-state index contributed by atoms with van der Waals surface area (Å²) >= 11 is 0. The summed E-state index contributed by atoms with van der Waals surface area (Å²) in [5, 5.41) is 26.4. The van der Waals surface area contributed by atoms with E-state index in [1.54, 1.807) is 13.2 Å². The molecule has 28 heavy (non-hydrogen) atoms. The molecule has 1 aromatic heterocycles.